The molecule has 0 aromatic heterocycles. The number of aliphatic hydroxyl groups excluding tert-OH is 1. The lowest BCUT2D eigenvalue weighted by Gasteiger charge is -2.24. The number of rotatable bonds is 6. The highest BCUT2D eigenvalue weighted by Gasteiger charge is 2.23. The summed E-state index contributed by atoms with van der Waals surface area (Å²) in [6.45, 7) is 5.22. The number of hydrazine groups is 1. The van der Waals surface area contributed by atoms with E-state index in [1.807, 2.05) is 13.8 Å². The molecule has 0 saturated carbocycles. The zero-order valence-corrected chi connectivity index (χ0v) is 10.2. The Balaban J connectivity index is 4.39. The predicted octanol–water partition coefficient (Wildman–Crippen LogP) is 1.33. The Morgan fingerprint density at radius 2 is 2.07 bits per heavy atom. The van der Waals surface area contributed by atoms with Crippen molar-refractivity contribution in [1.82, 2.24) is 5.01 Å². The van der Waals surface area contributed by atoms with Gasteiger partial charge in [0.05, 0.1) is 18.6 Å². The first-order valence-electron chi connectivity index (χ1n) is 4.71. The summed E-state index contributed by atoms with van der Waals surface area (Å²) >= 11 is 5.45. The molecule has 0 aromatic rings. The molecule has 2 atom stereocenters. The fourth-order valence-corrected chi connectivity index (χ4v) is 1.09. The summed E-state index contributed by atoms with van der Waals surface area (Å²) in [5, 5.41) is 24.9. The van der Waals surface area contributed by atoms with E-state index in [1.54, 1.807) is 6.92 Å². The van der Waals surface area contributed by atoms with Crippen LogP contribution in [0.15, 0.2) is 5.28 Å². The van der Waals surface area contributed by atoms with Gasteiger partial charge in [-0.3, -0.25) is 0 Å². The van der Waals surface area contributed by atoms with E-state index in [4.69, 9.17) is 16.7 Å². The quantitative estimate of drug-likeness (QED) is 0.329. The first-order valence-corrected chi connectivity index (χ1v) is 5.15. The minimum absolute atomic E-state index is 0.125. The third-order valence-electron chi connectivity index (χ3n) is 1.97. The van der Waals surface area contributed by atoms with Gasteiger partial charge in [0, 0.05) is 0 Å². The maximum Gasteiger partial charge on any atom is 0.234 e. The van der Waals surface area contributed by atoms with Crippen molar-refractivity contribution in [2.45, 2.75) is 32.4 Å². The Bertz CT molecular complexity index is 211. The molecule has 0 aliphatic heterocycles. The van der Waals surface area contributed by atoms with Crippen LogP contribution in [0.2, 0.25) is 0 Å². The van der Waals surface area contributed by atoms with Crippen molar-refractivity contribution in [3.05, 3.63) is 5.21 Å². The second-order valence-corrected chi connectivity index (χ2v) is 4.17. The average Bonchev–Trinajstić information content (AvgIpc) is 2.14. The highest BCUT2D eigenvalue weighted by molar-refractivity contribution is 6.19. The van der Waals surface area contributed by atoms with Crippen LogP contribution in [0.3, 0.4) is 0 Å². The second-order valence-electron chi connectivity index (χ2n) is 3.55. The molecule has 0 fully saturated rings. The SMILES string of the molecule is CC(Cl)O/N=[N+](\[O-])N(C)[C@H](CO)C(C)C. The molecule has 7 heteroatoms. The Labute approximate surface area is 94.6 Å². The lowest BCUT2D eigenvalue weighted by Crippen LogP contribution is -2.42. The van der Waals surface area contributed by atoms with Crippen LogP contribution < -0.4 is 0 Å². The minimum atomic E-state index is -0.665. The number of aliphatic hydroxyl groups is 1. The average molecular weight is 240 g/mol. The maximum absolute atomic E-state index is 11.3. The number of alkyl halides is 1. The third-order valence-corrected chi connectivity index (χ3v) is 2.05. The summed E-state index contributed by atoms with van der Waals surface area (Å²) in [5.41, 5.74) is -0.665. The topological polar surface area (TPSA) is 71.1 Å². The molecular weight excluding hydrogens is 222 g/mol. The summed E-state index contributed by atoms with van der Waals surface area (Å²) in [6.07, 6.45) is 0. The monoisotopic (exact) mass is 239 g/mol. The molecule has 0 amide bonds. The molecule has 0 spiro atoms. The van der Waals surface area contributed by atoms with Crippen LogP contribution in [0.5, 0.6) is 0 Å². The number of hydrogen-bond acceptors (Lipinski definition) is 4. The molecule has 90 valence electrons. The van der Waals surface area contributed by atoms with Gasteiger partial charge in [-0.25, -0.2) is 0 Å². The van der Waals surface area contributed by atoms with Gasteiger partial charge in [-0.1, -0.05) is 25.4 Å². The first kappa shape index (κ1) is 14.2. The normalized spacial score (nSPS) is 16.3. The van der Waals surface area contributed by atoms with E-state index < -0.39 is 5.56 Å². The van der Waals surface area contributed by atoms with Crippen LogP contribution in [0.1, 0.15) is 20.8 Å². The largest absolute Gasteiger partial charge is 0.569 e. The highest BCUT2D eigenvalue weighted by atomic mass is 35.5. The number of likely N-dealkylation sites (N-methyl/N-ethyl adjacent to an activating group) is 1. The van der Waals surface area contributed by atoms with Gasteiger partial charge in [0.15, 0.2) is 0 Å². The smallest absolute Gasteiger partial charge is 0.234 e. The lowest BCUT2D eigenvalue weighted by atomic mass is 10.1. The zero-order valence-electron chi connectivity index (χ0n) is 9.42. The molecule has 0 aromatic carbocycles. The second kappa shape index (κ2) is 6.68. The Kier molecular flexibility index (Phi) is 6.35. The van der Waals surface area contributed by atoms with Crippen molar-refractivity contribution in [1.29, 1.82) is 0 Å². The first-order chi connectivity index (χ1) is 6.90. The molecule has 0 radical (unpaired) electrons. The van der Waals surface area contributed by atoms with E-state index in [-0.39, 0.29) is 23.5 Å². The van der Waals surface area contributed by atoms with Gasteiger partial charge in [0.1, 0.15) is 6.04 Å². The van der Waals surface area contributed by atoms with Crippen molar-refractivity contribution in [2.24, 2.45) is 11.2 Å². The van der Waals surface area contributed by atoms with E-state index in [2.05, 4.69) is 10.1 Å². The maximum atomic E-state index is 11.3. The molecule has 0 aliphatic rings. The van der Waals surface area contributed by atoms with Gasteiger partial charge >= 0.3 is 0 Å². The molecule has 0 saturated heterocycles. The molecule has 15 heavy (non-hydrogen) atoms. The van der Waals surface area contributed by atoms with Gasteiger partial charge < -0.3 is 15.2 Å². The number of nitrogens with zero attached hydrogens (tertiary/aromatic N) is 3. The van der Waals surface area contributed by atoms with Crippen molar-refractivity contribution >= 4 is 11.6 Å². The van der Waals surface area contributed by atoms with E-state index in [1.165, 1.54) is 12.1 Å². The van der Waals surface area contributed by atoms with E-state index >= 15 is 0 Å². The molecular formula is C8H18ClN3O3. The summed E-state index contributed by atoms with van der Waals surface area (Å²) in [6, 6.07) is -0.305. The molecule has 1 N–H and O–H groups in total. The lowest BCUT2D eigenvalue weighted by molar-refractivity contribution is -0.715. The third kappa shape index (κ3) is 5.03. The highest BCUT2D eigenvalue weighted by Crippen LogP contribution is 2.09. The minimum Gasteiger partial charge on any atom is -0.569 e. The van der Waals surface area contributed by atoms with Crippen LogP contribution in [-0.2, 0) is 4.84 Å². The van der Waals surface area contributed by atoms with Crippen LogP contribution in [0.25, 0.3) is 0 Å². The van der Waals surface area contributed by atoms with Crippen molar-refractivity contribution in [2.75, 3.05) is 13.7 Å². The fraction of sp³-hybridized carbons (Fsp3) is 1.00. The Hall–Kier alpha value is -0.750. The van der Waals surface area contributed by atoms with Crippen LogP contribution in [0.4, 0.5) is 0 Å². The van der Waals surface area contributed by atoms with Gasteiger partial charge in [0.25, 0.3) is 0 Å². The number of hydrogen-bond donors (Lipinski definition) is 1. The molecule has 1 unspecified atom stereocenters. The van der Waals surface area contributed by atoms with Crippen LogP contribution >= 0.6 is 11.6 Å². The summed E-state index contributed by atoms with van der Waals surface area (Å²) < 4.78 is 0. The van der Waals surface area contributed by atoms with Gasteiger partial charge in [0.2, 0.25) is 10.8 Å². The zero-order chi connectivity index (χ0) is 12.0. The fourth-order valence-electron chi connectivity index (χ4n) is 1.05. The molecule has 0 rings (SSSR count). The molecule has 0 heterocycles. The van der Waals surface area contributed by atoms with Gasteiger partial charge in [-0.2, -0.15) is 0 Å². The summed E-state index contributed by atoms with van der Waals surface area (Å²) in [4.78, 5) is 4.86. The van der Waals surface area contributed by atoms with Crippen LogP contribution in [0, 0.1) is 11.1 Å². The summed E-state index contributed by atoms with van der Waals surface area (Å²) in [5.74, 6) is 0.125. The molecule has 0 bridgehead atoms. The van der Waals surface area contributed by atoms with Crippen LogP contribution in [-0.4, -0.2) is 40.3 Å². The van der Waals surface area contributed by atoms with Gasteiger partial charge in [-0.15, -0.1) is 5.01 Å². The van der Waals surface area contributed by atoms with E-state index in [0.29, 0.717) is 0 Å². The van der Waals surface area contributed by atoms with Crippen molar-refractivity contribution in [3.8, 4) is 0 Å². The number of halogens is 1. The van der Waals surface area contributed by atoms with Gasteiger partial charge in [-0.05, 0) is 12.8 Å². The summed E-state index contributed by atoms with van der Waals surface area (Å²) in [7, 11) is 1.53. The Morgan fingerprint density at radius 3 is 2.40 bits per heavy atom. The van der Waals surface area contributed by atoms with E-state index in [9.17, 15) is 5.21 Å². The molecule has 0 aliphatic carbocycles. The van der Waals surface area contributed by atoms with Crippen molar-refractivity contribution in [3.63, 3.8) is 0 Å². The standard InChI is InChI=1S/C8H18ClN3O3/c1-6(2)8(5-13)11(4)12(14)10-15-7(3)9/h6-8,13H,5H2,1-4H3/b12-10-/t7?,8-/m1/s1. The molecule has 6 nitrogen and oxygen atoms in total. The Morgan fingerprint density at radius 1 is 1.53 bits per heavy atom. The van der Waals surface area contributed by atoms with Crippen molar-refractivity contribution < 1.29 is 14.9 Å². The van der Waals surface area contributed by atoms with E-state index in [0.717, 1.165) is 0 Å². The predicted molar refractivity (Wildman–Crippen MR) is 55.9 cm³/mol.